The predicted octanol–water partition coefficient (Wildman–Crippen LogP) is 1.41. The van der Waals surface area contributed by atoms with Crippen molar-refractivity contribution in [2.75, 3.05) is 6.66 Å². The van der Waals surface area contributed by atoms with Crippen molar-refractivity contribution in [3.63, 3.8) is 0 Å². The summed E-state index contributed by atoms with van der Waals surface area (Å²) in [6.45, 7) is 1.29. The third-order valence-corrected chi connectivity index (χ3v) is 3.32. The van der Waals surface area contributed by atoms with Crippen molar-refractivity contribution in [2.45, 2.75) is 12.2 Å². The summed E-state index contributed by atoms with van der Waals surface area (Å²) in [5.41, 5.74) is 6.56. The summed E-state index contributed by atoms with van der Waals surface area (Å²) in [7, 11) is -3.14. The van der Waals surface area contributed by atoms with E-state index in [0.29, 0.717) is 6.42 Å². The van der Waals surface area contributed by atoms with Crippen LogP contribution in [0.2, 0.25) is 0 Å². The summed E-state index contributed by atoms with van der Waals surface area (Å²) < 4.78 is 11.1. The molecule has 1 aromatic carbocycles. The highest BCUT2D eigenvalue weighted by Gasteiger charge is 2.20. The van der Waals surface area contributed by atoms with Gasteiger partial charge in [0.15, 0.2) is 0 Å². The molecule has 0 heterocycles. The fraction of sp³-hybridized carbons (Fsp3) is 0.333. The number of rotatable bonds is 3. The monoisotopic (exact) mass is 199 g/mol. The van der Waals surface area contributed by atoms with Crippen molar-refractivity contribution < 1.29 is 9.46 Å². The zero-order valence-corrected chi connectivity index (χ0v) is 8.45. The second-order valence-corrected chi connectivity index (χ2v) is 5.75. The van der Waals surface area contributed by atoms with E-state index in [4.69, 9.17) is 5.73 Å². The van der Waals surface area contributed by atoms with Crippen LogP contribution in [-0.4, -0.2) is 17.3 Å². The van der Waals surface area contributed by atoms with Crippen LogP contribution in [0.3, 0.4) is 0 Å². The van der Waals surface area contributed by atoms with Crippen LogP contribution < -0.4 is 5.73 Å². The Morgan fingerprint density at radius 2 is 2.00 bits per heavy atom. The second-order valence-electron chi connectivity index (χ2n) is 3.20. The summed E-state index contributed by atoms with van der Waals surface area (Å²) in [5, 5.41) is 0. The molecule has 0 spiro atoms. The molecule has 0 saturated carbocycles. The minimum absolute atomic E-state index is 0.450. The van der Waals surface area contributed by atoms with Gasteiger partial charge in [0.1, 0.15) is 0 Å². The Kier molecular flexibility index (Phi) is 3.26. The molecule has 0 aliphatic rings. The third kappa shape index (κ3) is 3.31. The van der Waals surface area contributed by atoms with Crippen LogP contribution in [-0.2, 0) is 11.0 Å². The highest BCUT2D eigenvalue weighted by Crippen LogP contribution is 2.40. The molecular weight excluding hydrogens is 185 g/mol. The van der Waals surface area contributed by atoms with Gasteiger partial charge in [0.05, 0.1) is 5.78 Å². The Labute approximate surface area is 78.0 Å². The molecule has 3 N–H and O–H groups in total. The molecule has 72 valence electrons. The molecule has 0 radical (unpaired) electrons. The van der Waals surface area contributed by atoms with Gasteiger partial charge in [-0.1, -0.05) is 30.3 Å². The highest BCUT2D eigenvalue weighted by atomic mass is 31.2. The lowest BCUT2D eigenvalue weighted by molar-refractivity contribution is 0.469. The van der Waals surface area contributed by atoms with Gasteiger partial charge < -0.3 is 10.6 Å². The molecule has 2 atom stereocenters. The first-order chi connectivity index (χ1) is 6.00. The first-order valence-corrected chi connectivity index (χ1v) is 6.27. The molecule has 0 aliphatic carbocycles. The van der Waals surface area contributed by atoms with Crippen LogP contribution in [0.4, 0.5) is 0 Å². The molecule has 0 fully saturated rings. The quantitative estimate of drug-likeness (QED) is 0.723. The van der Waals surface area contributed by atoms with Crippen LogP contribution in [0, 0.1) is 0 Å². The molecule has 0 aromatic heterocycles. The van der Waals surface area contributed by atoms with Crippen LogP contribution in [0.5, 0.6) is 0 Å². The molecule has 13 heavy (non-hydrogen) atoms. The topological polar surface area (TPSA) is 63.3 Å². The molecular formula is C9H14NO2P. The Balaban J connectivity index is 2.66. The van der Waals surface area contributed by atoms with Crippen molar-refractivity contribution in [2.24, 2.45) is 5.73 Å². The van der Waals surface area contributed by atoms with Crippen molar-refractivity contribution >= 4 is 7.37 Å². The van der Waals surface area contributed by atoms with Crippen molar-refractivity contribution in [1.29, 1.82) is 0 Å². The molecule has 0 saturated heterocycles. The van der Waals surface area contributed by atoms with Gasteiger partial charge in [0.25, 0.3) is 0 Å². The zero-order valence-electron chi connectivity index (χ0n) is 7.55. The lowest BCUT2D eigenvalue weighted by Crippen LogP contribution is -2.22. The molecule has 0 amide bonds. The number of benzene rings is 1. The average molecular weight is 199 g/mol. The number of nitrogens with two attached hydrogens (primary N) is 1. The summed E-state index contributed by atoms with van der Waals surface area (Å²) >= 11 is 0. The van der Waals surface area contributed by atoms with E-state index in [0.717, 1.165) is 5.56 Å². The lowest BCUT2D eigenvalue weighted by atomic mass is 10.1. The van der Waals surface area contributed by atoms with Gasteiger partial charge in [0.2, 0.25) is 7.37 Å². The third-order valence-electron chi connectivity index (χ3n) is 1.90. The van der Waals surface area contributed by atoms with Crippen LogP contribution in [0.15, 0.2) is 30.3 Å². The van der Waals surface area contributed by atoms with E-state index < -0.39 is 13.2 Å². The fourth-order valence-electron chi connectivity index (χ4n) is 1.02. The van der Waals surface area contributed by atoms with Crippen LogP contribution in [0.25, 0.3) is 0 Å². The number of hydrogen-bond donors (Lipinski definition) is 2. The summed E-state index contributed by atoms with van der Waals surface area (Å²) in [6.07, 6.45) is 0.450. The van der Waals surface area contributed by atoms with E-state index in [1.807, 2.05) is 30.3 Å². The van der Waals surface area contributed by atoms with E-state index in [2.05, 4.69) is 0 Å². The van der Waals surface area contributed by atoms with Crippen LogP contribution in [0.1, 0.15) is 5.56 Å². The van der Waals surface area contributed by atoms with E-state index in [-0.39, 0.29) is 0 Å². The maximum atomic E-state index is 11.1. The van der Waals surface area contributed by atoms with E-state index in [9.17, 15) is 9.46 Å². The van der Waals surface area contributed by atoms with Crippen molar-refractivity contribution in [1.82, 2.24) is 0 Å². The summed E-state index contributed by atoms with van der Waals surface area (Å²) in [5.74, 6) is -0.658. The van der Waals surface area contributed by atoms with Crippen LogP contribution >= 0.6 is 7.37 Å². The van der Waals surface area contributed by atoms with Gasteiger partial charge in [0, 0.05) is 6.66 Å². The molecule has 0 aliphatic heterocycles. The second kappa shape index (κ2) is 4.05. The maximum Gasteiger partial charge on any atom is 0.214 e. The standard InChI is InChI=1S/C9H14NO2P/c1-13(11,12)9(10)7-8-5-3-2-4-6-8/h2-6,9H,7,10H2,1H3,(H,11,12). The molecule has 2 unspecified atom stereocenters. The Hall–Kier alpha value is -0.630. The molecule has 0 bridgehead atoms. The van der Waals surface area contributed by atoms with Gasteiger partial charge in [-0.2, -0.15) is 0 Å². The van der Waals surface area contributed by atoms with Gasteiger partial charge in [-0.3, -0.25) is 4.57 Å². The molecule has 1 rings (SSSR count). The molecule has 4 heteroatoms. The van der Waals surface area contributed by atoms with Crippen molar-refractivity contribution in [3.05, 3.63) is 35.9 Å². The smallest absolute Gasteiger partial charge is 0.214 e. The Morgan fingerprint density at radius 1 is 1.46 bits per heavy atom. The largest absolute Gasteiger partial charge is 0.343 e. The minimum Gasteiger partial charge on any atom is -0.343 e. The van der Waals surface area contributed by atoms with Crippen molar-refractivity contribution in [3.8, 4) is 0 Å². The highest BCUT2D eigenvalue weighted by molar-refractivity contribution is 7.57. The maximum absolute atomic E-state index is 11.1. The van der Waals surface area contributed by atoms with Gasteiger partial charge in [-0.25, -0.2) is 0 Å². The minimum atomic E-state index is -3.14. The van der Waals surface area contributed by atoms with E-state index in [1.54, 1.807) is 0 Å². The zero-order chi connectivity index (χ0) is 9.90. The lowest BCUT2D eigenvalue weighted by Gasteiger charge is -2.14. The molecule has 3 nitrogen and oxygen atoms in total. The van der Waals surface area contributed by atoms with E-state index >= 15 is 0 Å². The fourth-order valence-corrected chi connectivity index (χ4v) is 1.57. The number of hydrogen-bond acceptors (Lipinski definition) is 2. The summed E-state index contributed by atoms with van der Waals surface area (Å²) in [6, 6.07) is 9.48. The predicted molar refractivity (Wildman–Crippen MR) is 53.9 cm³/mol. The summed E-state index contributed by atoms with van der Waals surface area (Å²) in [4.78, 5) is 9.18. The molecule has 1 aromatic rings. The Bertz CT molecular complexity index is 307. The first kappa shape index (κ1) is 10.5. The van der Waals surface area contributed by atoms with Gasteiger partial charge >= 0.3 is 0 Å². The van der Waals surface area contributed by atoms with E-state index in [1.165, 1.54) is 6.66 Å². The Morgan fingerprint density at radius 3 is 2.46 bits per heavy atom. The van der Waals surface area contributed by atoms with Gasteiger partial charge in [-0.15, -0.1) is 0 Å². The first-order valence-electron chi connectivity index (χ1n) is 4.09. The normalized spacial score (nSPS) is 17.8. The SMILES string of the molecule is CP(=O)(O)C(N)Cc1ccccc1. The average Bonchev–Trinajstić information content (AvgIpc) is 2.04. The van der Waals surface area contributed by atoms with Gasteiger partial charge in [-0.05, 0) is 12.0 Å².